The maximum absolute atomic E-state index is 13.5. The molecule has 1 N–H and O–H groups in total. The number of anilines is 1. The van der Waals surface area contributed by atoms with Gasteiger partial charge in [0.2, 0.25) is 11.8 Å². The van der Waals surface area contributed by atoms with Crippen molar-refractivity contribution in [3.8, 4) is 6.07 Å². The number of rotatable bonds is 3. The molecule has 2 rings (SSSR count). The molecule has 0 aliphatic carbocycles. The minimum atomic E-state index is -0.500. The van der Waals surface area contributed by atoms with Crippen LogP contribution in [0.1, 0.15) is 12.0 Å². The van der Waals surface area contributed by atoms with Crippen LogP contribution in [0.3, 0.4) is 0 Å². The first-order chi connectivity index (χ1) is 9.52. The highest BCUT2D eigenvalue weighted by atomic mass is 19.1. The molecule has 20 heavy (non-hydrogen) atoms. The van der Waals surface area contributed by atoms with Gasteiger partial charge in [0.15, 0.2) is 0 Å². The van der Waals surface area contributed by atoms with E-state index in [0.717, 1.165) is 0 Å². The second-order valence-electron chi connectivity index (χ2n) is 4.71. The molecular weight excluding hydrogens is 261 g/mol. The summed E-state index contributed by atoms with van der Waals surface area (Å²) in [6, 6.07) is 6.36. The van der Waals surface area contributed by atoms with Crippen LogP contribution in [0, 0.1) is 30.0 Å². The molecule has 1 saturated heterocycles. The largest absolute Gasteiger partial charge is 0.343 e. The van der Waals surface area contributed by atoms with E-state index in [1.165, 1.54) is 11.0 Å². The van der Waals surface area contributed by atoms with Crippen molar-refractivity contribution in [2.24, 2.45) is 5.92 Å². The lowest BCUT2D eigenvalue weighted by Crippen LogP contribution is -2.33. The second kappa shape index (κ2) is 5.70. The Bertz CT molecular complexity index is 595. The summed E-state index contributed by atoms with van der Waals surface area (Å²) in [5.74, 6) is -1.42. The molecule has 6 heteroatoms. The van der Waals surface area contributed by atoms with Crippen molar-refractivity contribution in [1.82, 2.24) is 5.32 Å². The third kappa shape index (κ3) is 2.77. The van der Waals surface area contributed by atoms with Crippen molar-refractivity contribution in [2.45, 2.75) is 13.3 Å². The molecule has 0 aromatic heterocycles. The summed E-state index contributed by atoms with van der Waals surface area (Å²) in [5, 5.41) is 10.8. The van der Waals surface area contributed by atoms with E-state index < -0.39 is 5.92 Å². The number of amides is 2. The monoisotopic (exact) mass is 275 g/mol. The van der Waals surface area contributed by atoms with Crippen molar-refractivity contribution in [3.63, 3.8) is 0 Å². The van der Waals surface area contributed by atoms with Gasteiger partial charge in [-0.05, 0) is 24.6 Å². The average Bonchev–Trinajstić information content (AvgIpc) is 2.81. The lowest BCUT2D eigenvalue weighted by atomic mass is 10.1. The van der Waals surface area contributed by atoms with Crippen molar-refractivity contribution in [2.75, 3.05) is 18.0 Å². The first-order valence-corrected chi connectivity index (χ1v) is 6.24. The molecule has 1 aliphatic heterocycles. The van der Waals surface area contributed by atoms with Crippen LogP contribution < -0.4 is 10.2 Å². The predicted octanol–water partition coefficient (Wildman–Crippen LogP) is 1.13. The molecule has 0 bridgehead atoms. The highest BCUT2D eigenvalue weighted by molar-refractivity contribution is 6.00. The third-order valence-electron chi connectivity index (χ3n) is 3.30. The summed E-state index contributed by atoms with van der Waals surface area (Å²) >= 11 is 0. The Morgan fingerprint density at radius 3 is 3.00 bits per heavy atom. The van der Waals surface area contributed by atoms with Gasteiger partial charge in [0.05, 0.1) is 12.0 Å². The van der Waals surface area contributed by atoms with Crippen LogP contribution in [0.2, 0.25) is 0 Å². The van der Waals surface area contributed by atoms with Crippen molar-refractivity contribution in [1.29, 1.82) is 5.26 Å². The summed E-state index contributed by atoms with van der Waals surface area (Å²) in [4.78, 5) is 25.1. The standard InChI is InChI=1S/C14H14FN3O2/c1-9-2-3-11(7-12(9)15)18-8-10(6-13(18)19)14(20)17-5-4-16/h2-3,7,10H,5-6,8H2,1H3,(H,17,20). The van der Waals surface area contributed by atoms with Crippen LogP contribution in [0.25, 0.3) is 0 Å². The summed E-state index contributed by atoms with van der Waals surface area (Å²) in [5.41, 5.74) is 0.956. The zero-order valence-electron chi connectivity index (χ0n) is 11.0. The molecule has 0 radical (unpaired) electrons. The molecule has 1 unspecified atom stereocenters. The topological polar surface area (TPSA) is 73.2 Å². The predicted molar refractivity (Wildman–Crippen MR) is 70.2 cm³/mol. The highest BCUT2D eigenvalue weighted by Gasteiger charge is 2.35. The lowest BCUT2D eigenvalue weighted by Gasteiger charge is -2.17. The van der Waals surface area contributed by atoms with Crippen molar-refractivity contribution < 1.29 is 14.0 Å². The normalized spacial score (nSPS) is 17.9. The molecule has 1 fully saturated rings. The number of carbonyl (C=O) groups excluding carboxylic acids is 2. The first kappa shape index (κ1) is 14.0. The van der Waals surface area contributed by atoms with Crippen LogP contribution in [-0.4, -0.2) is 24.9 Å². The van der Waals surface area contributed by atoms with Crippen molar-refractivity contribution >= 4 is 17.5 Å². The number of benzene rings is 1. The van der Waals surface area contributed by atoms with E-state index in [9.17, 15) is 14.0 Å². The minimum absolute atomic E-state index is 0.0761. The SMILES string of the molecule is Cc1ccc(N2CC(C(=O)NCC#N)CC2=O)cc1F. The Labute approximate surface area is 116 Å². The average molecular weight is 275 g/mol. The summed E-state index contributed by atoms with van der Waals surface area (Å²) in [6.45, 7) is 1.77. The van der Waals surface area contributed by atoms with Gasteiger partial charge in [-0.2, -0.15) is 5.26 Å². The number of hydrogen-bond donors (Lipinski definition) is 1. The van der Waals surface area contributed by atoms with Crippen LogP contribution in [-0.2, 0) is 9.59 Å². The quantitative estimate of drug-likeness (QED) is 0.840. The van der Waals surface area contributed by atoms with E-state index >= 15 is 0 Å². The van der Waals surface area contributed by atoms with Crippen LogP contribution in [0.15, 0.2) is 18.2 Å². The fourth-order valence-electron chi connectivity index (χ4n) is 2.15. The molecule has 104 valence electrons. The zero-order valence-corrected chi connectivity index (χ0v) is 11.0. The molecule has 0 spiro atoms. The van der Waals surface area contributed by atoms with E-state index in [-0.39, 0.29) is 37.1 Å². The highest BCUT2D eigenvalue weighted by Crippen LogP contribution is 2.26. The van der Waals surface area contributed by atoms with Gasteiger partial charge >= 0.3 is 0 Å². The van der Waals surface area contributed by atoms with Gasteiger partial charge in [0.25, 0.3) is 0 Å². The van der Waals surface area contributed by atoms with Crippen LogP contribution >= 0.6 is 0 Å². The Morgan fingerprint density at radius 2 is 2.35 bits per heavy atom. The number of aryl methyl sites for hydroxylation is 1. The molecule has 5 nitrogen and oxygen atoms in total. The molecular formula is C14H14FN3O2. The fraction of sp³-hybridized carbons (Fsp3) is 0.357. The van der Waals surface area contributed by atoms with E-state index in [4.69, 9.17) is 5.26 Å². The first-order valence-electron chi connectivity index (χ1n) is 6.24. The van der Waals surface area contributed by atoms with Crippen LogP contribution in [0.5, 0.6) is 0 Å². The van der Waals surface area contributed by atoms with E-state index in [1.807, 2.05) is 6.07 Å². The summed E-state index contributed by atoms with van der Waals surface area (Å²) in [6.07, 6.45) is 0.0761. The number of nitrogens with zero attached hydrogens (tertiary/aromatic N) is 2. The Kier molecular flexibility index (Phi) is 3.99. The van der Waals surface area contributed by atoms with Gasteiger partial charge in [-0.25, -0.2) is 4.39 Å². The molecule has 1 heterocycles. The van der Waals surface area contributed by atoms with Gasteiger partial charge in [0.1, 0.15) is 12.4 Å². The maximum atomic E-state index is 13.5. The van der Waals surface area contributed by atoms with Gasteiger partial charge in [-0.1, -0.05) is 6.07 Å². The van der Waals surface area contributed by atoms with E-state index in [0.29, 0.717) is 11.3 Å². The Balaban J connectivity index is 2.11. The number of hydrogen-bond acceptors (Lipinski definition) is 3. The fourth-order valence-corrected chi connectivity index (χ4v) is 2.15. The number of halogens is 1. The van der Waals surface area contributed by atoms with E-state index in [1.54, 1.807) is 19.1 Å². The third-order valence-corrected chi connectivity index (χ3v) is 3.30. The maximum Gasteiger partial charge on any atom is 0.227 e. The van der Waals surface area contributed by atoms with E-state index in [2.05, 4.69) is 5.32 Å². The summed E-state index contributed by atoms with van der Waals surface area (Å²) in [7, 11) is 0. The van der Waals surface area contributed by atoms with Crippen LogP contribution in [0.4, 0.5) is 10.1 Å². The lowest BCUT2D eigenvalue weighted by molar-refractivity contribution is -0.126. The van der Waals surface area contributed by atoms with Crippen molar-refractivity contribution in [3.05, 3.63) is 29.6 Å². The molecule has 2 amide bonds. The number of carbonyl (C=O) groups is 2. The van der Waals surface area contributed by atoms with Gasteiger partial charge in [-0.3, -0.25) is 9.59 Å². The van der Waals surface area contributed by atoms with Gasteiger partial charge in [0, 0.05) is 18.7 Å². The van der Waals surface area contributed by atoms with Gasteiger partial charge in [-0.15, -0.1) is 0 Å². The number of nitriles is 1. The minimum Gasteiger partial charge on any atom is -0.343 e. The molecule has 0 saturated carbocycles. The molecule has 1 aromatic carbocycles. The summed E-state index contributed by atoms with van der Waals surface area (Å²) < 4.78 is 13.5. The molecule has 1 aliphatic rings. The second-order valence-corrected chi connectivity index (χ2v) is 4.71. The molecule has 1 aromatic rings. The van der Waals surface area contributed by atoms with Gasteiger partial charge < -0.3 is 10.2 Å². The zero-order chi connectivity index (χ0) is 14.7. The Morgan fingerprint density at radius 1 is 1.60 bits per heavy atom. The molecule has 1 atom stereocenters. The smallest absolute Gasteiger partial charge is 0.227 e. The Hall–Kier alpha value is -2.42. The number of nitrogens with one attached hydrogen (secondary N) is 1.